The van der Waals surface area contributed by atoms with Crippen molar-refractivity contribution in [3.05, 3.63) is 63.4 Å². The van der Waals surface area contributed by atoms with Gasteiger partial charge in [-0.3, -0.25) is 4.79 Å². The lowest BCUT2D eigenvalue weighted by molar-refractivity contribution is 0.415. The van der Waals surface area contributed by atoms with E-state index in [0.29, 0.717) is 5.39 Å². The number of benzene rings is 2. The van der Waals surface area contributed by atoms with E-state index in [9.17, 15) is 4.79 Å². The highest BCUT2D eigenvalue weighted by atomic mass is 79.9. The number of halogens is 1. The topological polar surface area (TPSA) is 42.1 Å². The molecule has 1 aromatic heterocycles. The monoisotopic (exact) mass is 329 g/mol. The zero-order valence-corrected chi connectivity index (χ0v) is 12.4. The van der Waals surface area contributed by atoms with Crippen LogP contribution in [0.15, 0.2) is 57.8 Å². The van der Waals surface area contributed by atoms with E-state index in [-0.39, 0.29) is 5.56 Å². The molecule has 2 aromatic carbocycles. The summed E-state index contributed by atoms with van der Waals surface area (Å²) in [6.07, 6.45) is 0. The predicted octanol–water partition coefficient (Wildman–Crippen LogP) is 3.97. The van der Waals surface area contributed by atoms with Crippen LogP contribution in [0.1, 0.15) is 0 Å². The van der Waals surface area contributed by atoms with E-state index in [2.05, 4.69) is 20.9 Å². The summed E-state index contributed by atoms with van der Waals surface area (Å²) in [5.41, 5.74) is 1.63. The van der Waals surface area contributed by atoms with Gasteiger partial charge in [0.15, 0.2) is 0 Å². The first kappa shape index (κ1) is 12.9. The van der Waals surface area contributed by atoms with Crippen LogP contribution in [0.5, 0.6) is 5.75 Å². The maximum Gasteiger partial charge on any atom is 0.256 e. The molecule has 20 heavy (non-hydrogen) atoms. The highest BCUT2D eigenvalue weighted by molar-refractivity contribution is 9.10. The summed E-state index contributed by atoms with van der Waals surface area (Å²) in [5.74, 6) is 0.725. The average Bonchev–Trinajstić information content (AvgIpc) is 2.51. The Hall–Kier alpha value is -2.07. The molecule has 1 N–H and O–H groups in total. The summed E-state index contributed by atoms with van der Waals surface area (Å²) in [7, 11) is 1.61. The summed E-state index contributed by atoms with van der Waals surface area (Å²) >= 11 is 3.59. The van der Waals surface area contributed by atoms with Crippen molar-refractivity contribution in [1.82, 2.24) is 4.98 Å². The first-order chi connectivity index (χ1) is 9.70. The number of fused-ring (bicyclic) bond motifs is 1. The lowest BCUT2D eigenvalue weighted by atomic mass is 10.1. The Kier molecular flexibility index (Phi) is 3.32. The second-order valence-corrected chi connectivity index (χ2v) is 5.21. The number of aromatic amines is 1. The van der Waals surface area contributed by atoms with E-state index in [0.717, 1.165) is 26.9 Å². The van der Waals surface area contributed by atoms with Gasteiger partial charge in [0, 0.05) is 15.2 Å². The van der Waals surface area contributed by atoms with Crippen LogP contribution >= 0.6 is 15.9 Å². The molecule has 0 unspecified atom stereocenters. The number of pyridine rings is 1. The maximum absolute atomic E-state index is 12.2. The van der Waals surface area contributed by atoms with Gasteiger partial charge >= 0.3 is 0 Å². The van der Waals surface area contributed by atoms with Crippen LogP contribution in [0.4, 0.5) is 0 Å². The number of methoxy groups -OCH3 is 1. The van der Waals surface area contributed by atoms with Crippen LogP contribution < -0.4 is 10.3 Å². The minimum atomic E-state index is -0.107. The van der Waals surface area contributed by atoms with Gasteiger partial charge in [-0.25, -0.2) is 0 Å². The van der Waals surface area contributed by atoms with Gasteiger partial charge in [-0.05, 0) is 39.7 Å². The first-order valence-electron chi connectivity index (χ1n) is 6.15. The molecule has 100 valence electrons. The van der Waals surface area contributed by atoms with Crippen molar-refractivity contribution in [2.45, 2.75) is 0 Å². The highest BCUT2D eigenvalue weighted by Gasteiger charge is 2.11. The molecular weight excluding hydrogens is 318 g/mol. The van der Waals surface area contributed by atoms with E-state index in [4.69, 9.17) is 4.74 Å². The Balaban J connectivity index is 2.35. The fourth-order valence-electron chi connectivity index (χ4n) is 2.20. The number of rotatable bonds is 2. The molecule has 0 saturated carbocycles. The number of ether oxygens (including phenoxy) is 1. The number of aromatic nitrogens is 1. The van der Waals surface area contributed by atoms with Gasteiger partial charge in [0.1, 0.15) is 5.75 Å². The van der Waals surface area contributed by atoms with Gasteiger partial charge in [0.25, 0.3) is 5.56 Å². The molecule has 3 rings (SSSR count). The van der Waals surface area contributed by atoms with E-state index < -0.39 is 0 Å². The van der Waals surface area contributed by atoms with E-state index >= 15 is 0 Å². The van der Waals surface area contributed by atoms with Gasteiger partial charge in [0.05, 0.1) is 12.8 Å². The summed E-state index contributed by atoms with van der Waals surface area (Å²) in [6, 6.07) is 15.2. The van der Waals surface area contributed by atoms with Crippen LogP contribution in [-0.4, -0.2) is 12.1 Å². The van der Waals surface area contributed by atoms with Gasteiger partial charge in [-0.2, -0.15) is 0 Å². The van der Waals surface area contributed by atoms with Crippen LogP contribution in [0, 0.1) is 0 Å². The van der Waals surface area contributed by atoms with Gasteiger partial charge in [0.2, 0.25) is 0 Å². The third-order valence-corrected chi connectivity index (χ3v) is 4.05. The van der Waals surface area contributed by atoms with Crippen molar-refractivity contribution in [1.29, 1.82) is 0 Å². The van der Waals surface area contributed by atoms with Crippen molar-refractivity contribution in [2.75, 3.05) is 7.11 Å². The van der Waals surface area contributed by atoms with Crippen LogP contribution in [-0.2, 0) is 0 Å². The molecule has 0 amide bonds. The van der Waals surface area contributed by atoms with Crippen molar-refractivity contribution >= 4 is 26.7 Å². The lowest BCUT2D eigenvalue weighted by Crippen LogP contribution is -2.08. The zero-order valence-electron chi connectivity index (χ0n) is 10.8. The molecule has 0 atom stereocenters. The van der Waals surface area contributed by atoms with Crippen LogP contribution in [0.2, 0.25) is 0 Å². The van der Waals surface area contributed by atoms with Gasteiger partial charge in [-0.15, -0.1) is 0 Å². The quantitative estimate of drug-likeness (QED) is 0.773. The number of H-pyrrole nitrogens is 1. The number of hydrogen-bond acceptors (Lipinski definition) is 2. The molecule has 0 saturated heterocycles. The zero-order chi connectivity index (χ0) is 14.1. The van der Waals surface area contributed by atoms with E-state index in [1.165, 1.54) is 0 Å². The van der Waals surface area contributed by atoms with Crippen LogP contribution in [0.3, 0.4) is 0 Å². The standard InChI is InChI=1S/C16H12BrNO2/c1-20-11-7-8-12-13(9-11)14(17)15(18-16(12)19)10-5-3-2-4-6-10/h2-9H,1H3,(H,18,19). The molecule has 0 spiro atoms. The Morgan fingerprint density at radius 3 is 2.50 bits per heavy atom. The SMILES string of the molecule is COc1ccc2c(=O)[nH]c(-c3ccccc3)c(Br)c2c1. The molecule has 4 heteroatoms. The third-order valence-electron chi connectivity index (χ3n) is 3.23. The minimum Gasteiger partial charge on any atom is -0.497 e. The minimum absolute atomic E-state index is 0.107. The van der Waals surface area contributed by atoms with E-state index in [1.54, 1.807) is 19.2 Å². The fourth-order valence-corrected chi connectivity index (χ4v) is 2.86. The summed E-state index contributed by atoms with van der Waals surface area (Å²) < 4.78 is 6.09. The summed E-state index contributed by atoms with van der Waals surface area (Å²) in [6.45, 7) is 0. The Labute approximate surface area is 124 Å². The Morgan fingerprint density at radius 1 is 1.05 bits per heavy atom. The smallest absolute Gasteiger partial charge is 0.256 e. The van der Waals surface area contributed by atoms with Crippen molar-refractivity contribution in [3.8, 4) is 17.0 Å². The maximum atomic E-state index is 12.2. The second-order valence-electron chi connectivity index (χ2n) is 4.42. The summed E-state index contributed by atoms with van der Waals surface area (Å²) in [5, 5.41) is 1.48. The van der Waals surface area contributed by atoms with Crippen LogP contribution in [0.25, 0.3) is 22.0 Å². The largest absolute Gasteiger partial charge is 0.497 e. The molecule has 3 nitrogen and oxygen atoms in total. The third kappa shape index (κ3) is 2.12. The average molecular weight is 330 g/mol. The molecule has 0 aliphatic carbocycles. The normalized spacial score (nSPS) is 10.7. The molecular formula is C16H12BrNO2. The number of hydrogen-bond donors (Lipinski definition) is 1. The second kappa shape index (κ2) is 5.13. The Morgan fingerprint density at radius 2 is 1.80 bits per heavy atom. The molecule has 0 bridgehead atoms. The molecule has 0 aliphatic heterocycles. The van der Waals surface area contributed by atoms with Gasteiger partial charge in [-0.1, -0.05) is 30.3 Å². The molecule has 0 aliphatic rings. The molecule has 0 radical (unpaired) electrons. The van der Waals surface area contributed by atoms with Crippen molar-refractivity contribution < 1.29 is 4.74 Å². The summed E-state index contributed by atoms with van der Waals surface area (Å²) in [4.78, 5) is 15.1. The van der Waals surface area contributed by atoms with E-state index in [1.807, 2.05) is 36.4 Å². The number of nitrogens with one attached hydrogen (secondary N) is 1. The predicted molar refractivity (Wildman–Crippen MR) is 84.3 cm³/mol. The fraction of sp³-hybridized carbons (Fsp3) is 0.0625. The van der Waals surface area contributed by atoms with Crippen molar-refractivity contribution in [3.63, 3.8) is 0 Å². The first-order valence-corrected chi connectivity index (χ1v) is 6.95. The Bertz CT molecular complexity index is 825. The lowest BCUT2D eigenvalue weighted by Gasteiger charge is -2.09. The van der Waals surface area contributed by atoms with Gasteiger partial charge < -0.3 is 9.72 Å². The van der Waals surface area contributed by atoms with Crippen molar-refractivity contribution in [2.24, 2.45) is 0 Å². The molecule has 1 heterocycles. The highest BCUT2D eigenvalue weighted by Crippen LogP contribution is 2.32. The molecule has 0 fully saturated rings. The molecule has 3 aromatic rings.